The zero-order valence-corrected chi connectivity index (χ0v) is 10.5. The zero-order chi connectivity index (χ0) is 12.7. The highest BCUT2D eigenvalue weighted by Gasteiger charge is 2.08. The van der Waals surface area contributed by atoms with Gasteiger partial charge in [-0.05, 0) is 30.9 Å². The van der Waals surface area contributed by atoms with Crippen LogP contribution >= 0.6 is 0 Å². The van der Waals surface area contributed by atoms with Gasteiger partial charge in [-0.3, -0.25) is 0 Å². The molecule has 0 saturated carbocycles. The summed E-state index contributed by atoms with van der Waals surface area (Å²) in [5, 5.41) is 21.3. The van der Waals surface area contributed by atoms with Crippen LogP contribution in [-0.2, 0) is 0 Å². The molecule has 3 nitrogen and oxygen atoms in total. The maximum Gasteiger partial charge on any atom is 0.101 e. The van der Waals surface area contributed by atoms with Gasteiger partial charge >= 0.3 is 0 Å². The van der Waals surface area contributed by atoms with Gasteiger partial charge in [-0.2, -0.15) is 5.26 Å². The van der Waals surface area contributed by atoms with Crippen molar-refractivity contribution in [2.75, 3.05) is 18.5 Å². The minimum atomic E-state index is 0.221. The van der Waals surface area contributed by atoms with E-state index in [0.29, 0.717) is 11.5 Å². The third-order valence-corrected chi connectivity index (χ3v) is 3.08. The average molecular weight is 232 g/mol. The molecule has 1 atom stereocenters. The van der Waals surface area contributed by atoms with Crippen LogP contribution in [0, 0.1) is 24.2 Å². The number of aliphatic hydroxyl groups is 1. The summed E-state index contributed by atoms with van der Waals surface area (Å²) in [4.78, 5) is 0. The molecular formula is C14H20N2O. The molecule has 1 aromatic rings. The molecule has 0 aliphatic carbocycles. The van der Waals surface area contributed by atoms with Crippen molar-refractivity contribution in [2.45, 2.75) is 26.7 Å². The van der Waals surface area contributed by atoms with Gasteiger partial charge < -0.3 is 10.4 Å². The number of anilines is 1. The highest BCUT2D eigenvalue weighted by atomic mass is 16.3. The molecule has 0 aliphatic heterocycles. The molecule has 0 aromatic heterocycles. The minimum absolute atomic E-state index is 0.221. The van der Waals surface area contributed by atoms with Crippen LogP contribution in [0.1, 0.15) is 30.9 Å². The molecule has 0 bridgehead atoms. The van der Waals surface area contributed by atoms with Crippen molar-refractivity contribution in [1.82, 2.24) is 0 Å². The highest BCUT2D eigenvalue weighted by molar-refractivity contribution is 5.62. The Hall–Kier alpha value is -1.53. The van der Waals surface area contributed by atoms with E-state index < -0.39 is 0 Å². The summed E-state index contributed by atoms with van der Waals surface area (Å²) in [5.74, 6) is 0.450. The van der Waals surface area contributed by atoms with Crippen LogP contribution in [0.2, 0.25) is 0 Å². The lowest BCUT2D eigenvalue weighted by Crippen LogP contribution is -2.16. The second-order valence-corrected chi connectivity index (χ2v) is 4.28. The predicted octanol–water partition coefficient (Wildman–Crippen LogP) is 2.69. The van der Waals surface area contributed by atoms with E-state index in [1.165, 1.54) is 0 Å². The van der Waals surface area contributed by atoms with Gasteiger partial charge in [-0.15, -0.1) is 0 Å². The minimum Gasteiger partial charge on any atom is -0.396 e. The van der Waals surface area contributed by atoms with Gasteiger partial charge in [-0.1, -0.05) is 25.5 Å². The third kappa shape index (κ3) is 3.76. The molecule has 0 spiro atoms. The number of para-hydroxylation sites is 1. The Morgan fingerprint density at radius 1 is 1.47 bits per heavy atom. The van der Waals surface area contributed by atoms with Crippen molar-refractivity contribution >= 4 is 5.69 Å². The molecule has 0 amide bonds. The van der Waals surface area contributed by atoms with Crippen LogP contribution in [0.4, 0.5) is 5.69 Å². The number of rotatable bonds is 6. The third-order valence-electron chi connectivity index (χ3n) is 3.08. The largest absolute Gasteiger partial charge is 0.396 e. The fraction of sp³-hybridized carbons (Fsp3) is 0.500. The summed E-state index contributed by atoms with van der Waals surface area (Å²) in [6.07, 6.45) is 1.83. The van der Waals surface area contributed by atoms with E-state index in [1.807, 2.05) is 25.1 Å². The van der Waals surface area contributed by atoms with Gasteiger partial charge in [0, 0.05) is 13.2 Å². The van der Waals surface area contributed by atoms with Gasteiger partial charge in [-0.25, -0.2) is 0 Å². The van der Waals surface area contributed by atoms with E-state index in [4.69, 9.17) is 10.4 Å². The first kappa shape index (κ1) is 13.5. The van der Waals surface area contributed by atoms with Crippen LogP contribution in [-0.4, -0.2) is 18.3 Å². The lowest BCUT2D eigenvalue weighted by atomic mass is 10.0. The smallest absolute Gasteiger partial charge is 0.101 e. The maximum atomic E-state index is 9.04. The normalized spacial score (nSPS) is 11.9. The van der Waals surface area contributed by atoms with Gasteiger partial charge in [0.25, 0.3) is 0 Å². The van der Waals surface area contributed by atoms with Gasteiger partial charge in [0.15, 0.2) is 0 Å². The molecule has 0 fully saturated rings. The molecule has 92 valence electrons. The van der Waals surface area contributed by atoms with Crippen molar-refractivity contribution in [3.63, 3.8) is 0 Å². The molecule has 1 unspecified atom stereocenters. The first-order valence-electron chi connectivity index (χ1n) is 6.07. The Morgan fingerprint density at radius 3 is 2.82 bits per heavy atom. The van der Waals surface area contributed by atoms with E-state index in [0.717, 1.165) is 30.6 Å². The Bertz CT molecular complexity index is 396. The summed E-state index contributed by atoms with van der Waals surface area (Å²) >= 11 is 0. The zero-order valence-electron chi connectivity index (χ0n) is 10.5. The lowest BCUT2D eigenvalue weighted by Gasteiger charge is -2.17. The quantitative estimate of drug-likeness (QED) is 0.792. The van der Waals surface area contributed by atoms with Crippen molar-refractivity contribution in [2.24, 2.45) is 5.92 Å². The van der Waals surface area contributed by atoms with Crippen molar-refractivity contribution < 1.29 is 5.11 Å². The Morgan fingerprint density at radius 2 is 2.24 bits per heavy atom. The topological polar surface area (TPSA) is 56.0 Å². The lowest BCUT2D eigenvalue weighted by molar-refractivity contribution is 0.258. The average Bonchev–Trinajstić information content (AvgIpc) is 2.35. The first-order chi connectivity index (χ1) is 8.22. The molecule has 0 aliphatic rings. The summed E-state index contributed by atoms with van der Waals surface area (Å²) in [7, 11) is 0. The van der Waals surface area contributed by atoms with Crippen LogP contribution in [0.15, 0.2) is 18.2 Å². The number of benzene rings is 1. The number of aryl methyl sites for hydroxylation is 1. The number of aliphatic hydroxyl groups excluding tert-OH is 1. The van der Waals surface area contributed by atoms with Crippen LogP contribution in [0.3, 0.4) is 0 Å². The van der Waals surface area contributed by atoms with Crippen molar-refractivity contribution in [3.05, 3.63) is 29.3 Å². The molecule has 0 heterocycles. The number of nitriles is 1. The van der Waals surface area contributed by atoms with E-state index in [-0.39, 0.29) is 6.61 Å². The van der Waals surface area contributed by atoms with Crippen LogP contribution in [0.5, 0.6) is 0 Å². The molecule has 17 heavy (non-hydrogen) atoms. The predicted molar refractivity (Wildman–Crippen MR) is 69.9 cm³/mol. The molecule has 1 rings (SSSR count). The fourth-order valence-corrected chi connectivity index (χ4v) is 1.88. The Balaban J connectivity index is 2.71. The second-order valence-electron chi connectivity index (χ2n) is 4.28. The van der Waals surface area contributed by atoms with Gasteiger partial charge in [0.05, 0.1) is 11.3 Å². The van der Waals surface area contributed by atoms with E-state index in [2.05, 4.69) is 18.3 Å². The fourth-order valence-electron chi connectivity index (χ4n) is 1.88. The maximum absolute atomic E-state index is 9.04. The number of hydrogen-bond acceptors (Lipinski definition) is 3. The van der Waals surface area contributed by atoms with E-state index in [9.17, 15) is 0 Å². The van der Waals surface area contributed by atoms with Crippen LogP contribution < -0.4 is 5.32 Å². The first-order valence-corrected chi connectivity index (χ1v) is 6.07. The molecular weight excluding hydrogens is 212 g/mol. The molecule has 0 saturated heterocycles. The standard InChI is InChI=1S/C14H20N2O/c1-3-12(7-8-17)10-16-14-11(2)5-4-6-13(14)9-15/h4-6,12,16-17H,3,7-8,10H2,1-2H3. The Kier molecular flexibility index (Phi) is 5.51. The molecule has 1 aromatic carbocycles. The van der Waals surface area contributed by atoms with E-state index in [1.54, 1.807) is 0 Å². The molecule has 3 heteroatoms. The molecule has 2 N–H and O–H groups in total. The second kappa shape index (κ2) is 6.93. The number of nitrogens with zero attached hydrogens (tertiary/aromatic N) is 1. The van der Waals surface area contributed by atoms with Gasteiger partial charge in [0.2, 0.25) is 0 Å². The molecule has 0 radical (unpaired) electrons. The monoisotopic (exact) mass is 232 g/mol. The van der Waals surface area contributed by atoms with Crippen molar-refractivity contribution in [1.29, 1.82) is 5.26 Å². The van der Waals surface area contributed by atoms with E-state index >= 15 is 0 Å². The Labute approximate surface area is 103 Å². The highest BCUT2D eigenvalue weighted by Crippen LogP contribution is 2.20. The summed E-state index contributed by atoms with van der Waals surface area (Å²) in [6, 6.07) is 7.91. The van der Waals surface area contributed by atoms with Crippen LogP contribution in [0.25, 0.3) is 0 Å². The number of hydrogen-bond donors (Lipinski definition) is 2. The SMILES string of the molecule is CCC(CCO)CNc1c(C)cccc1C#N. The number of nitrogens with one attached hydrogen (secondary N) is 1. The summed E-state index contributed by atoms with van der Waals surface area (Å²) < 4.78 is 0. The van der Waals surface area contributed by atoms with Crippen molar-refractivity contribution in [3.8, 4) is 6.07 Å². The summed E-state index contributed by atoms with van der Waals surface area (Å²) in [5.41, 5.74) is 2.69. The summed E-state index contributed by atoms with van der Waals surface area (Å²) in [6.45, 7) is 5.14. The van der Waals surface area contributed by atoms with Gasteiger partial charge in [0.1, 0.15) is 6.07 Å².